The number of nitrogens with zero attached hydrogens (tertiary/aromatic N) is 1. The number of fused-ring (bicyclic) bond motifs is 13. The lowest BCUT2D eigenvalue weighted by Crippen LogP contribution is -2.39. The number of methoxy groups -OCH3 is 1. The summed E-state index contributed by atoms with van der Waals surface area (Å²) in [5.41, 5.74) is 7.64. The van der Waals surface area contributed by atoms with Gasteiger partial charge in [-0.15, -0.1) is 0 Å². The quantitative estimate of drug-likeness (QED) is 0.492. The summed E-state index contributed by atoms with van der Waals surface area (Å²) in [6.45, 7) is 0.455. The molecule has 164 valence electrons. The molecule has 3 aromatic carbocycles. The predicted octanol–water partition coefficient (Wildman–Crippen LogP) is 4.21. The van der Waals surface area contributed by atoms with Crippen LogP contribution in [0, 0.1) is 0 Å². The third-order valence-electron chi connectivity index (χ3n) is 8.34. The Kier molecular flexibility index (Phi) is 3.16. The Labute approximate surface area is 189 Å². The molecule has 2 N–H and O–H groups in total. The van der Waals surface area contributed by atoms with E-state index in [1.165, 1.54) is 0 Å². The molecule has 1 aromatic heterocycles. The zero-order chi connectivity index (χ0) is 22.1. The minimum Gasteiger partial charge on any atom is -0.497 e. The van der Waals surface area contributed by atoms with Gasteiger partial charge in [-0.25, -0.2) is 0 Å². The number of benzene rings is 3. The van der Waals surface area contributed by atoms with E-state index in [9.17, 15) is 9.90 Å². The summed E-state index contributed by atoms with van der Waals surface area (Å²) in [6, 6.07) is 14.5. The fraction of sp³-hybridized carbons (Fsp3) is 0.296. The monoisotopic (exact) mass is 438 g/mol. The van der Waals surface area contributed by atoms with E-state index in [2.05, 4.69) is 46.3 Å². The van der Waals surface area contributed by atoms with Crippen LogP contribution in [0.25, 0.3) is 32.9 Å². The van der Waals surface area contributed by atoms with E-state index in [0.29, 0.717) is 6.54 Å². The molecule has 0 spiro atoms. The largest absolute Gasteiger partial charge is 0.497 e. The Morgan fingerprint density at radius 3 is 2.97 bits per heavy atom. The summed E-state index contributed by atoms with van der Waals surface area (Å²) in [7, 11) is 1.67. The van der Waals surface area contributed by atoms with Crippen LogP contribution >= 0.6 is 0 Å². The molecule has 3 unspecified atom stereocenters. The minimum absolute atomic E-state index is 0.0224. The van der Waals surface area contributed by atoms with Crippen molar-refractivity contribution >= 4 is 27.7 Å². The molecular weight excluding hydrogens is 416 g/mol. The number of hydrogen-bond acceptors (Lipinski definition) is 4. The second-order valence-corrected chi connectivity index (χ2v) is 9.66. The summed E-state index contributed by atoms with van der Waals surface area (Å²) >= 11 is 0. The SMILES string of the molecule is COc1ccc2c(c1)C1c3c-2c2c(c4c5ccccc5n(c34)C3CCC1(CO)O3)CNC2=O. The number of amides is 1. The summed E-state index contributed by atoms with van der Waals surface area (Å²) < 4.78 is 14.7. The highest BCUT2D eigenvalue weighted by atomic mass is 16.5. The number of ether oxygens (including phenoxy) is 2. The van der Waals surface area contributed by atoms with Gasteiger partial charge in [-0.2, -0.15) is 0 Å². The molecule has 1 fully saturated rings. The van der Waals surface area contributed by atoms with Gasteiger partial charge in [-0.3, -0.25) is 4.79 Å². The Bertz CT molecular complexity index is 1570. The van der Waals surface area contributed by atoms with Gasteiger partial charge < -0.3 is 24.5 Å². The lowest BCUT2D eigenvalue weighted by molar-refractivity contribution is -0.0998. The van der Waals surface area contributed by atoms with Crippen molar-refractivity contribution in [2.75, 3.05) is 13.7 Å². The number of hydrogen-bond donors (Lipinski definition) is 2. The van der Waals surface area contributed by atoms with Crippen molar-refractivity contribution in [1.29, 1.82) is 0 Å². The summed E-state index contributed by atoms with van der Waals surface area (Å²) in [4.78, 5) is 13.2. The molecule has 0 saturated carbocycles. The molecule has 8 rings (SSSR count). The summed E-state index contributed by atoms with van der Waals surface area (Å²) in [5.74, 6) is 0.580. The fourth-order valence-electron chi connectivity index (χ4n) is 7.10. The van der Waals surface area contributed by atoms with Crippen LogP contribution < -0.4 is 10.1 Å². The molecule has 1 aliphatic carbocycles. The molecule has 1 saturated heterocycles. The van der Waals surface area contributed by atoms with E-state index in [-0.39, 0.29) is 24.7 Å². The van der Waals surface area contributed by atoms with Crippen LogP contribution in [0.4, 0.5) is 0 Å². The van der Waals surface area contributed by atoms with Crippen LogP contribution in [0.2, 0.25) is 0 Å². The lowest BCUT2D eigenvalue weighted by Gasteiger charge is -2.33. The molecule has 4 aromatic rings. The first-order valence-corrected chi connectivity index (χ1v) is 11.5. The van der Waals surface area contributed by atoms with Crippen molar-refractivity contribution in [3.05, 3.63) is 64.7 Å². The molecule has 6 nitrogen and oxygen atoms in total. The molecule has 3 aliphatic heterocycles. The normalized spacial score (nSPS) is 25.9. The highest BCUT2D eigenvalue weighted by Gasteiger charge is 2.56. The van der Waals surface area contributed by atoms with E-state index in [4.69, 9.17) is 9.47 Å². The summed E-state index contributed by atoms with van der Waals surface area (Å²) in [5, 5.41) is 16.1. The van der Waals surface area contributed by atoms with Gasteiger partial charge in [-0.05, 0) is 53.3 Å². The van der Waals surface area contributed by atoms with Gasteiger partial charge in [0.15, 0.2) is 0 Å². The molecule has 0 radical (unpaired) electrons. The van der Waals surface area contributed by atoms with E-state index in [1.807, 2.05) is 6.07 Å². The predicted molar refractivity (Wildman–Crippen MR) is 124 cm³/mol. The number of carbonyl (C=O) groups excluding carboxylic acids is 1. The number of rotatable bonds is 2. The Balaban J connectivity index is 1.66. The van der Waals surface area contributed by atoms with Crippen LogP contribution in [0.1, 0.15) is 52.0 Å². The van der Waals surface area contributed by atoms with Crippen molar-refractivity contribution in [3.8, 4) is 16.9 Å². The minimum atomic E-state index is -0.729. The van der Waals surface area contributed by atoms with Crippen molar-refractivity contribution in [1.82, 2.24) is 9.88 Å². The first kappa shape index (κ1) is 18.1. The van der Waals surface area contributed by atoms with Gasteiger partial charge in [0.05, 0.1) is 30.3 Å². The van der Waals surface area contributed by atoms with Crippen molar-refractivity contribution in [2.45, 2.75) is 37.1 Å². The van der Waals surface area contributed by atoms with Crippen molar-refractivity contribution in [2.24, 2.45) is 0 Å². The number of aromatic nitrogens is 1. The van der Waals surface area contributed by atoms with Crippen molar-refractivity contribution < 1.29 is 19.4 Å². The third-order valence-corrected chi connectivity index (χ3v) is 8.34. The number of carbonyl (C=O) groups is 1. The standard InChI is InChI=1S/C27H22N2O4/c1-32-13-6-7-14-16(10-13)24-23-21(14)22-17(11-28-26(22)31)20-15-4-2-3-5-18(15)29(25(20)23)19-8-9-27(24,12-30)33-19/h2-7,10,19,24,30H,8-9,11-12H2,1H3,(H,28,31). The third kappa shape index (κ3) is 1.89. The first-order valence-electron chi connectivity index (χ1n) is 11.5. The second kappa shape index (κ2) is 5.76. The topological polar surface area (TPSA) is 72.7 Å². The maximum Gasteiger partial charge on any atom is 0.252 e. The molecule has 4 aliphatic rings. The highest BCUT2D eigenvalue weighted by molar-refractivity contribution is 6.20. The average Bonchev–Trinajstić information content (AvgIpc) is 3.57. The molecule has 3 atom stereocenters. The number of aliphatic hydroxyl groups is 1. The van der Waals surface area contributed by atoms with Crippen molar-refractivity contribution in [3.63, 3.8) is 0 Å². The van der Waals surface area contributed by atoms with Gasteiger partial charge >= 0.3 is 0 Å². The molecular formula is C27H22N2O4. The van der Waals surface area contributed by atoms with E-state index in [1.54, 1.807) is 7.11 Å². The first-order chi connectivity index (χ1) is 16.2. The van der Waals surface area contributed by atoms with Gasteiger partial charge in [0.2, 0.25) is 0 Å². The zero-order valence-electron chi connectivity index (χ0n) is 18.1. The highest BCUT2D eigenvalue weighted by Crippen LogP contribution is 2.63. The lowest BCUT2D eigenvalue weighted by atomic mass is 9.77. The van der Waals surface area contributed by atoms with E-state index >= 15 is 0 Å². The molecule has 2 bridgehead atoms. The molecule has 4 heterocycles. The van der Waals surface area contributed by atoms with Gasteiger partial charge in [0.25, 0.3) is 5.91 Å². The Hall–Kier alpha value is -3.35. The Morgan fingerprint density at radius 1 is 1.24 bits per heavy atom. The van der Waals surface area contributed by atoms with Gasteiger partial charge in [-0.1, -0.05) is 24.3 Å². The number of para-hydroxylation sites is 1. The van der Waals surface area contributed by atoms with E-state index < -0.39 is 5.60 Å². The summed E-state index contributed by atoms with van der Waals surface area (Å²) in [6.07, 6.45) is 1.45. The Morgan fingerprint density at radius 2 is 2.12 bits per heavy atom. The maximum atomic E-state index is 13.2. The van der Waals surface area contributed by atoms with Crippen LogP contribution in [0.5, 0.6) is 5.75 Å². The van der Waals surface area contributed by atoms with E-state index in [0.717, 1.165) is 73.8 Å². The second-order valence-electron chi connectivity index (χ2n) is 9.66. The molecule has 6 heteroatoms. The van der Waals surface area contributed by atoms with Gasteiger partial charge in [0.1, 0.15) is 17.6 Å². The smallest absolute Gasteiger partial charge is 0.252 e. The molecule has 33 heavy (non-hydrogen) atoms. The number of aliphatic hydroxyl groups excluding tert-OH is 1. The van der Waals surface area contributed by atoms with Gasteiger partial charge in [0, 0.05) is 28.8 Å². The average molecular weight is 438 g/mol. The van der Waals surface area contributed by atoms with Crippen LogP contribution in [0.15, 0.2) is 42.5 Å². The van der Waals surface area contributed by atoms with Crippen LogP contribution in [-0.2, 0) is 11.3 Å². The maximum absolute atomic E-state index is 13.2. The fourth-order valence-corrected chi connectivity index (χ4v) is 7.10. The van der Waals surface area contributed by atoms with Crippen LogP contribution in [-0.4, -0.2) is 34.9 Å². The molecule has 1 amide bonds. The zero-order valence-corrected chi connectivity index (χ0v) is 18.1. The number of nitrogens with one attached hydrogen (secondary N) is 1. The van der Waals surface area contributed by atoms with Crippen LogP contribution in [0.3, 0.4) is 0 Å².